The van der Waals surface area contributed by atoms with Crippen molar-refractivity contribution in [2.75, 3.05) is 0 Å². The molecule has 0 amide bonds. The molecular weight excluding hydrogens is 500 g/mol. The second kappa shape index (κ2) is 14.0. The summed E-state index contributed by atoms with van der Waals surface area (Å²) in [4.78, 5) is 37.8. The number of esters is 2. The maximum absolute atomic E-state index is 13.1. The van der Waals surface area contributed by atoms with Crippen LogP contribution in [-0.2, 0) is 23.9 Å². The van der Waals surface area contributed by atoms with Gasteiger partial charge in [0.2, 0.25) is 0 Å². The zero-order chi connectivity index (χ0) is 28.8. The van der Waals surface area contributed by atoms with Gasteiger partial charge in [-0.05, 0) is 61.9 Å². The molecule has 0 radical (unpaired) electrons. The molecule has 0 spiro atoms. The SMILES string of the molecule is CCCCCCCCCCCCCC(=O)OC1C=C2C[C@@H](OC(C)=O)CC[C@]2(C)C2CC[C@]3(C)C(=O)CCC3C12. The summed E-state index contributed by atoms with van der Waals surface area (Å²) in [5.41, 5.74) is 1.04. The van der Waals surface area contributed by atoms with E-state index in [0.29, 0.717) is 24.5 Å². The van der Waals surface area contributed by atoms with E-state index < -0.39 is 0 Å². The molecule has 4 aliphatic carbocycles. The fourth-order valence-electron chi connectivity index (χ4n) is 8.95. The zero-order valence-corrected chi connectivity index (χ0v) is 25.9. The van der Waals surface area contributed by atoms with E-state index in [1.165, 1.54) is 70.3 Å². The lowest BCUT2D eigenvalue weighted by Gasteiger charge is -2.58. The summed E-state index contributed by atoms with van der Waals surface area (Å²) < 4.78 is 11.9. The maximum atomic E-state index is 13.1. The third kappa shape index (κ3) is 7.04. The highest BCUT2D eigenvalue weighted by Crippen LogP contribution is 2.64. The minimum Gasteiger partial charge on any atom is -0.462 e. The molecule has 5 heteroatoms. The third-order valence-corrected chi connectivity index (χ3v) is 11.4. The number of Topliss-reactive ketones (excluding diaryl/α,β-unsaturated/α-hetero) is 1. The van der Waals surface area contributed by atoms with Crippen LogP contribution in [0.1, 0.15) is 150 Å². The van der Waals surface area contributed by atoms with Gasteiger partial charge in [0.25, 0.3) is 0 Å². The van der Waals surface area contributed by atoms with Crippen molar-refractivity contribution < 1.29 is 23.9 Å². The molecule has 0 N–H and O–H groups in total. The van der Waals surface area contributed by atoms with Gasteiger partial charge in [0.15, 0.2) is 0 Å². The minimum absolute atomic E-state index is 0.0210. The number of ketones is 1. The zero-order valence-electron chi connectivity index (χ0n) is 25.9. The van der Waals surface area contributed by atoms with E-state index >= 15 is 0 Å². The predicted octanol–water partition coefficient (Wildman–Crippen LogP) is 8.67. The number of hydrogen-bond acceptors (Lipinski definition) is 5. The quantitative estimate of drug-likeness (QED) is 0.122. The van der Waals surface area contributed by atoms with E-state index in [-0.39, 0.29) is 46.8 Å². The number of carbonyl (C=O) groups is 3. The summed E-state index contributed by atoms with van der Waals surface area (Å²) >= 11 is 0. The first-order valence-electron chi connectivity index (χ1n) is 16.8. The monoisotopic (exact) mass is 556 g/mol. The summed E-state index contributed by atoms with van der Waals surface area (Å²) in [6.07, 6.45) is 22.3. The Morgan fingerprint density at radius 3 is 2.08 bits per heavy atom. The standard InChI is InChI=1S/C35H56O5/c1-5-6-7-8-9-10-11-12-13-14-15-16-32(38)40-30-24-26-23-27(39-25(2)36)19-21-34(26,3)29-20-22-35(4)28(33(29)30)17-18-31(35)37/h24,27-30,33H,5-23H2,1-4H3/t27-,28?,29?,30?,33?,34-,35-/m0/s1. The van der Waals surface area contributed by atoms with Crippen LogP contribution in [0.4, 0.5) is 0 Å². The molecule has 4 unspecified atom stereocenters. The van der Waals surface area contributed by atoms with Gasteiger partial charge in [-0.1, -0.05) is 90.6 Å². The van der Waals surface area contributed by atoms with Crippen LogP contribution < -0.4 is 0 Å². The highest BCUT2D eigenvalue weighted by molar-refractivity contribution is 5.87. The molecule has 0 aromatic rings. The Bertz CT molecular complexity index is 923. The second-order valence-corrected chi connectivity index (χ2v) is 14.0. The van der Waals surface area contributed by atoms with Crippen LogP contribution in [0.2, 0.25) is 0 Å². The van der Waals surface area contributed by atoms with Gasteiger partial charge in [0.05, 0.1) is 0 Å². The molecule has 40 heavy (non-hydrogen) atoms. The normalized spacial score (nSPS) is 34.9. The molecular formula is C35H56O5. The van der Waals surface area contributed by atoms with Crippen LogP contribution >= 0.6 is 0 Å². The average Bonchev–Trinajstić information content (AvgIpc) is 3.22. The Kier molecular flexibility index (Phi) is 11.0. The fourth-order valence-corrected chi connectivity index (χ4v) is 8.95. The van der Waals surface area contributed by atoms with Gasteiger partial charge < -0.3 is 9.47 Å². The molecule has 0 saturated heterocycles. The van der Waals surface area contributed by atoms with Crippen molar-refractivity contribution in [2.45, 2.75) is 162 Å². The molecule has 0 heterocycles. The van der Waals surface area contributed by atoms with Crippen molar-refractivity contribution in [1.82, 2.24) is 0 Å². The molecule has 4 rings (SSSR count). The summed E-state index contributed by atoms with van der Waals surface area (Å²) in [6.45, 7) is 8.30. The van der Waals surface area contributed by atoms with Gasteiger partial charge in [-0.3, -0.25) is 14.4 Å². The number of rotatable bonds is 14. The average molecular weight is 557 g/mol. The van der Waals surface area contributed by atoms with Crippen LogP contribution in [0.25, 0.3) is 0 Å². The van der Waals surface area contributed by atoms with Crippen molar-refractivity contribution in [2.24, 2.45) is 28.6 Å². The summed E-state index contributed by atoms with van der Waals surface area (Å²) in [5, 5.41) is 0. The van der Waals surface area contributed by atoms with Crippen LogP contribution in [0.5, 0.6) is 0 Å². The summed E-state index contributed by atoms with van der Waals surface area (Å²) in [5.74, 6) is 0.958. The van der Waals surface area contributed by atoms with Crippen molar-refractivity contribution >= 4 is 17.7 Å². The van der Waals surface area contributed by atoms with E-state index in [1.54, 1.807) is 0 Å². The molecule has 3 saturated carbocycles. The molecule has 226 valence electrons. The van der Waals surface area contributed by atoms with Gasteiger partial charge in [0, 0.05) is 37.5 Å². The molecule has 4 aliphatic rings. The molecule has 0 aromatic carbocycles. The first kappa shape index (κ1) is 31.3. The van der Waals surface area contributed by atoms with Gasteiger partial charge in [-0.15, -0.1) is 0 Å². The lowest BCUT2D eigenvalue weighted by Crippen LogP contribution is -2.55. The van der Waals surface area contributed by atoms with Gasteiger partial charge >= 0.3 is 11.9 Å². The third-order valence-electron chi connectivity index (χ3n) is 11.4. The lowest BCUT2D eigenvalue weighted by atomic mass is 9.47. The van der Waals surface area contributed by atoms with Crippen LogP contribution in [-0.4, -0.2) is 29.9 Å². The molecule has 5 nitrogen and oxygen atoms in total. The van der Waals surface area contributed by atoms with E-state index in [9.17, 15) is 14.4 Å². The van der Waals surface area contributed by atoms with Gasteiger partial charge in [-0.2, -0.15) is 0 Å². The topological polar surface area (TPSA) is 69.7 Å². The van der Waals surface area contributed by atoms with E-state index in [0.717, 1.165) is 51.4 Å². The minimum atomic E-state index is -0.279. The van der Waals surface area contributed by atoms with E-state index in [1.807, 2.05) is 0 Å². The first-order chi connectivity index (χ1) is 19.2. The summed E-state index contributed by atoms with van der Waals surface area (Å²) in [7, 11) is 0. The van der Waals surface area contributed by atoms with Gasteiger partial charge in [-0.25, -0.2) is 0 Å². The molecule has 0 aliphatic heterocycles. The summed E-state index contributed by atoms with van der Waals surface area (Å²) in [6, 6.07) is 0. The van der Waals surface area contributed by atoms with E-state index in [4.69, 9.17) is 9.47 Å². The number of carbonyl (C=O) groups excluding carboxylic acids is 3. The van der Waals surface area contributed by atoms with Crippen molar-refractivity contribution in [1.29, 1.82) is 0 Å². The Labute approximate surface area is 243 Å². The Morgan fingerprint density at radius 2 is 1.43 bits per heavy atom. The highest BCUT2D eigenvalue weighted by atomic mass is 16.5. The molecule has 7 atom stereocenters. The molecule has 0 bridgehead atoms. The van der Waals surface area contributed by atoms with Gasteiger partial charge in [0.1, 0.15) is 18.0 Å². The largest absolute Gasteiger partial charge is 0.462 e. The predicted molar refractivity (Wildman–Crippen MR) is 159 cm³/mol. The molecule has 0 aromatic heterocycles. The highest BCUT2D eigenvalue weighted by Gasteiger charge is 2.61. The number of fused-ring (bicyclic) bond motifs is 5. The van der Waals surface area contributed by atoms with Crippen molar-refractivity contribution in [3.63, 3.8) is 0 Å². The number of hydrogen-bond donors (Lipinski definition) is 0. The first-order valence-corrected chi connectivity index (χ1v) is 16.8. The smallest absolute Gasteiger partial charge is 0.306 e. The van der Waals surface area contributed by atoms with E-state index in [2.05, 4.69) is 26.8 Å². The van der Waals surface area contributed by atoms with Crippen molar-refractivity contribution in [3.05, 3.63) is 11.6 Å². The number of ether oxygens (including phenoxy) is 2. The second-order valence-electron chi connectivity index (χ2n) is 14.0. The van der Waals surface area contributed by atoms with Crippen LogP contribution in [0.15, 0.2) is 11.6 Å². The van der Waals surface area contributed by atoms with Crippen molar-refractivity contribution in [3.8, 4) is 0 Å². The number of unbranched alkanes of at least 4 members (excludes halogenated alkanes) is 10. The Balaban J connectivity index is 1.35. The van der Waals surface area contributed by atoms with Crippen LogP contribution in [0.3, 0.4) is 0 Å². The maximum Gasteiger partial charge on any atom is 0.306 e. The Morgan fingerprint density at radius 1 is 0.825 bits per heavy atom. The van der Waals surface area contributed by atoms with Crippen LogP contribution in [0, 0.1) is 28.6 Å². The Hall–Kier alpha value is -1.65. The fraction of sp³-hybridized carbons (Fsp3) is 0.857. The lowest BCUT2D eigenvalue weighted by molar-refractivity contribution is -0.161. The molecule has 3 fully saturated rings.